The highest BCUT2D eigenvalue weighted by Crippen LogP contribution is 2.03. The smallest absolute Gasteiger partial charge is 0.183 e. The molecular weight excluding hydrogens is 157 g/mol. The molecule has 1 rings (SSSR count). The van der Waals surface area contributed by atoms with E-state index < -0.39 is 5.82 Å². The number of hydrogen-bond acceptors (Lipinski definition) is 3. The van der Waals surface area contributed by atoms with E-state index in [-0.39, 0.29) is 5.82 Å². The van der Waals surface area contributed by atoms with Crippen LogP contribution < -0.4 is 5.73 Å². The topological polar surface area (TPSA) is 51.8 Å². The maximum Gasteiger partial charge on any atom is 0.183 e. The summed E-state index contributed by atoms with van der Waals surface area (Å²) in [6.07, 6.45) is 1.76. The summed E-state index contributed by atoms with van der Waals surface area (Å²) in [5.74, 6) is -0.0667. The SMILES string of the molecule is CC.CCc1ncc(F)c(N)n1. The van der Waals surface area contributed by atoms with Crippen molar-refractivity contribution in [2.24, 2.45) is 0 Å². The molecule has 0 aliphatic carbocycles. The standard InChI is InChI=1S/C6H8FN3.C2H6/c1-2-5-9-3-4(7)6(8)10-5;1-2/h3H,2H2,1H3,(H2,8,9,10);1-2H3. The number of aromatic nitrogens is 2. The minimum absolute atomic E-state index is 0.0770. The number of nitrogens with zero attached hydrogens (tertiary/aromatic N) is 2. The zero-order valence-electron chi connectivity index (χ0n) is 7.63. The van der Waals surface area contributed by atoms with E-state index >= 15 is 0 Å². The molecule has 12 heavy (non-hydrogen) atoms. The van der Waals surface area contributed by atoms with Gasteiger partial charge in [0.2, 0.25) is 0 Å². The predicted molar refractivity (Wildman–Crippen MR) is 47.1 cm³/mol. The molecule has 0 aliphatic rings. The molecule has 1 aromatic rings. The van der Waals surface area contributed by atoms with Crippen LogP contribution in [-0.2, 0) is 6.42 Å². The minimum Gasteiger partial charge on any atom is -0.381 e. The molecule has 2 N–H and O–H groups in total. The van der Waals surface area contributed by atoms with Gasteiger partial charge in [-0.1, -0.05) is 20.8 Å². The van der Waals surface area contributed by atoms with E-state index in [1.807, 2.05) is 20.8 Å². The average molecular weight is 171 g/mol. The van der Waals surface area contributed by atoms with Crippen LogP contribution in [-0.4, -0.2) is 9.97 Å². The van der Waals surface area contributed by atoms with Crippen LogP contribution in [0.5, 0.6) is 0 Å². The van der Waals surface area contributed by atoms with Gasteiger partial charge in [0, 0.05) is 6.42 Å². The summed E-state index contributed by atoms with van der Waals surface area (Å²) in [5, 5.41) is 0. The van der Waals surface area contributed by atoms with Gasteiger partial charge < -0.3 is 5.73 Å². The lowest BCUT2D eigenvalue weighted by Crippen LogP contribution is -2.00. The van der Waals surface area contributed by atoms with E-state index in [0.29, 0.717) is 12.2 Å². The number of anilines is 1. The Kier molecular flexibility index (Phi) is 4.92. The van der Waals surface area contributed by atoms with Crippen molar-refractivity contribution in [2.45, 2.75) is 27.2 Å². The highest BCUT2D eigenvalue weighted by molar-refractivity contribution is 5.27. The van der Waals surface area contributed by atoms with Crippen molar-refractivity contribution in [3.8, 4) is 0 Å². The average Bonchev–Trinajstić information content (AvgIpc) is 2.13. The first-order valence-corrected chi connectivity index (χ1v) is 4.01. The molecule has 0 saturated heterocycles. The van der Waals surface area contributed by atoms with Gasteiger partial charge in [-0.15, -0.1) is 0 Å². The number of nitrogen functional groups attached to an aromatic ring is 1. The zero-order chi connectivity index (χ0) is 9.56. The van der Waals surface area contributed by atoms with Crippen molar-refractivity contribution in [1.82, 2.24) is 9.97 Å². The molecule has 1 heterocycles. The van der Waals surface area contributed by atoms with E-state index in [9.17, 15) is 4.39 Å². The van der Waals surface area contributed by atoms with Gasteiger partial charge in [0.25, 0.3) is 0 Å². The molecule has 0 unspecified atom stereocenters. The fraction of sp³-hybridized carbons (Fsp3) is 0.500. The van der Waals surface area contributed by atoms with Crippen LogP contribution in [0.15, 0.2) is 6.20 Å². The third kappa shape index (κ3) is 2.82. The predicted octanol–water partition coefficient (Wildman–Crippen LogP) is 1.79. The number of aryl methyl sites for hydroxylation is 1. The quantitative estimate of drug-likeness (QED) is 0.700. The van der Waals surface area contributed by atoms with E-state index in [1.54, 1.807) is 0 Å². The van der Waals surface area contributed by atoms with E-state index in [4.69, 9.17) is 5.73 Å². The van der Waals surface area contributed by atoms with Crippen molar-refractivity contribution in [3.63, 3.8) is 0 Å². The van der Waals surface area contributed by atoms with Crippen molar-refractivity contribution >= 4 is 5.82 Å². The number of halogens is 1. The second-order valence-electron chi connectivity index (χ2n) is 1.87. The van der Waals surface area contributed by atoms with Crippen LogP contribution in [0.3, 0.4) is 0 Å². The monoisotopic (exact) mass is 171 g/mol. The molecule has 0 aliphatic heterocycles. The van der Waals surface area contributed by atoms with Crippen molar-refractivity contribution in [3.05, 3.63) is 17.8 Å². The van der Waals surface area contributed by atoms with Crippen LogP contribution in [0, 0.1) is 5.82 Å². The van der Waals surface area contributed by atoms with Crippen LogP contribution in [0.25, 0.3) is 0 Å². The maximum absolute atomic E-state index is 12.4. The third-order valence-corrected chi connectivity index (χ3v) is 1.14. The Morgan fingerprint density at radius 2 is 2.08 bits per heavy atom. The number of nitrogens with two attached hydrogens (primary N) is 1. The van der Waals surface area contributed by atoms with Crippen molar-refractivity contribution < 1.29 is 4.39 Å². The van der Waals surface area contributed by atoms with Crippen LogP contribution in [0.1, 0.15) is 26.6 Å². The van der Waals surface area contributed by atoms with Gasteiger partial charge in [-0.05, 0) is 0 Å². The fourth-order valence-electron chi connectivity index (χ4n) is 0.589. The molecule has 0 spiro atoms. The van der Waals surface area contributed by atoms with Crippen LogP contribution in [0.4, 0.5) is 10.2 Å². The molecule has 0 radical (unpaired) electrons. The molecule has 0 saturated carbocycles. The van der Waals surface area contributed by atoms with Gasteiger partial charge in [0.15, 0.2) is 11.6 Å². The fourth-order valence-corrected chi connectivity index (χ4v) is 0.589. The number of hydrogen-bond donors (Lipinski definition) is 1. The first kappa shape index (κ1) is 10.8. The van der Waals surface area contributed by atoms with E-state index in [1.165, 1.54) is 0 Å². The summed E-state index contributed by atoms with van der Waals surface area (Å²) in [5.41, 5.74) is 5.17. The second kappa shape index (κ2) is 5.46. The molecule has 3 nitrogen and oxygen atoms in total. The maximum atomic E-state index is 12.4. The van der Waals surface area contributed by atoms with Crippen molar-refractivity contribution in [2.75, 3.05) is 5.73 Å². The Balaban J connectivity index is 0.000000561. The van der Waals surface area contributed by atoms with Gasteiger partial charge >= 0.3 is 0 Å². The largest absolute Gasteiger partial charge is 0.381 e. The lowest BCUT2D eigenvalue weighted by atomic mass is 10.4. The highest BCUT2D eigenvalue weighted by Gasteiger charge is 1.99. The Hall–Kier alpha value is -1.19. The van der Waals surface area contributed by atoms with Gasteiger partial charge in [-0.25, -0.2) is 14.4 Å². The molecule has 0 fully saturated rings. The molecule has 4 heteroatoms. The Morgan fingerprint density at radius 1 is 1.50 bits per heavy atom. The Bertz CT molecular complexity index is 238. The van der Waals surface area contributed by atoms with Gasteiger partial charge in [-0.2, -0.15) is 0 Å². The minimum atomic E-state index is -0.558. The van der Waals surface area contributed by atoms with E-state index in [0.717, 1.165) is 6.20 Å². The van der Waals surface area contributed by atoms with Gasteiger partial charge in [-0.3, -0.25) is 0 Å². The summed E-state index contributed by atoms with van der Waals surface area (Å²) in [6.45, 7) is 5.88. The lowest BCUT2D eigenvalue weighted by Gasteiger charge is -1.96. The Morgan fingerprint density at radius 3 is 2.50 bits per heavy atom. The summed E-state index contributed by atoms with van der Waals surface area (Å²) in [7, 11) is 0. The normalized spacial score (nSPS) is 8.67. The van der Waals surface area contributed by atoms with Crippen LogP contribution >= 0.6 is 0 Å². The van der Waals surface area contributed by atoms with Crippen molar-refractivity contribution in [1.29, 1.82) is 0 Å². The summed E-state index contributed by atoms with van der Waals surface area (Å²) < 4.78 is 12.4. The summed E-state index contributed by atoms with van der Waals surface area (Å²) in [6, 6.07) is 0. The zero-order valence-corrected chi connectivity index (χ0v) is 7.63. The number of rotatable bonds is 1. The van der Waals surface area contributed by atoms with Gasteiger partial charge in [0.1, 0.15) is 5.82 Å². The molecule has 1 aromatic heterocycles. The van der Waals surface area contributed by atoms with Crippen LogP contribution in [0.2, 0.25) is 0 Å². The molecule has 0 bridgehead atoms. The third-order valence-electron chi connectivity index (χ3n) is 1.14. The molecule has 0 aromatic carbocycles. The molecule has 0 amide bonds. The summed E-state index contributed by atoms with van der Waals surface area (Å²) >= 11 is 0. The first-order chi connectivity index (χ1) is 5.74. The highest BCUT2D eigenvalue weighted by atomic mass is 19.1. The lowest BCUT2D eigenvalue weighted by molar-refractivity contribution is 0.615. The molecule has 0 atom stereocenters. The summed E-state index contributed by atoms with van der Waals surface area (Å²) in [4.78, 5) is 7.37. The first-order valence-electron chi connectivity index (χ1n) is 4.01. The second-order valence-corrected chi connectivity index (χ2v) is 1.87. The van der Waals surface area contributed by atoms with Gasteiger partial charge in [0.05, 0.1) is 6.20 Å². The van der Waals surface area contributed by atoms with E-state index in [2.05, 4.69) is 9.97 Å². The Labute approximate surface area is 71.8 Å². The molecule has 68 valence electrons. The molecular formula is C8H14FN3.